The number of aliphatic imine (C=N–C) groups is 1. The van der Waals surface area contributed by atoms with Crippen LogP contribution in [0.25, 0.3) is 0 Å². The van der Waals surface area contributed by atoms with Crippen molar-refractivity contribution < 1.29 is 8.42 Å². The van der Waals surface area contributed by atoms with Crippen molar-refractivity contribution in [1.29, 1.82) is 0 Å². The van der Waals surface area contributed by atoms with Crippen molar-refractivity contribution >= 4 is 16.0 Å². The summed E-state index contributed by atoms with van der Waals surface area (Å²) in [5.41, 5.74) is 0.983. The van der Waals surface area contributed by atoms with E-state index in [0.29, 0.717) is 17.5 Å². The minimum absolute atomic E-state index is 0.118. The minimum atomic E-state index is -3.39. The maximum atomic E-state index is 12.2. The number of unbranched alkanes of at least 4 members (excludes halogenated alkanes) is 2. The second kappa shape index (κ2) is 10.7. The summed E-state index contributed by atoms with van der Waals surface area (Å²) >= 11 is 0. The Morgan fingerprint density at radius 2 is 1.89 bits per heavy atom. The molecule has 7 heteroatoms. The van der Waals surface area contributed by atoms with E-state index in [2.05, 4.69) is 34.2 Å². The van der Waals surface area contributed by atoms with Gasteiger partial charge in [-0.1, -0.05) is 38.3 Å². The lowest BCUT2D eigenvalue weighted by atomic mass is 10.1. The van der Waals surface area contributed by atoms with E-state index in [4.69, 9.17) is 0 Å². The van der Waals surface area contributed by atoms with Crippen LogP contribution in [0.1, 0.15) is 64.9 Å². The van der Waals surface area contributed by atoms with Gasteiger partial charge in [0.25, 0.3) is 0 Å². The molecule has 2 rings (SSSR count). The Bertz CT molecular complexity index is 697. The van der Waals surface area contributed by atoms with Crippen molar-refractivity contribution in [3.05, 3.63) is 29.8 Å². The topological polar surface area (TPSA) is 82.6 Å². The molecular formula is C20H34N4O2S. The molecule has 1 atom stereocenters. The molecular weight excluding hydrogens is 360 g/mol. The van der Waals surface area contributed by atoms with Crippen LogP contribution in [0.2, 0.25) is 0 Å². The molecule has 152 valence electrons. The van der Waals surface area contributed by atoms with Crippen LogP contribution in [0.15, 0.2) is 34.2 Å². The van der Waals surface area contributed by atoms with Gasteiger partial charge in [0.15, 0.2) is 5.96 Å². The van der Waals surface area contributed by atoms with Crippen molar-refractivity contribution in [1.82, 2.24) is 15.4 Å². The lowest BCUT2D eigenvalue weighted by Crippen LogP contribution is -2.42. The lowest BCUT2D eigenvalue weighted by molar-refractivity contribution is 0.547. The second-order valence-corrected chi connectivity index (χ2v) is 8.99. The SMILES string of the molecule is CCCCCC(C)NC(=NCc1ccc(S(=O)(=O)NC2CC2)cc1)NCC. The molecule has 0 heterocycles. The van der Waals surface area contributed by atoms with Gasteiger partial charge < -0.3 is 10.6 Å². The number of sulfonamides is 1. The Morgan fingerprint density at radius 3 is 2.48 bits per heavy atom. The van der Waals surface area contributed by atoms with E-state index in [1.807, 2.05) is 19.1 Å². The highest BCUT2D eigenvalue weighted by Gasteiger charge is 2.27. The van der Waals surface area contributed by atoms with E-state index in [0.717, 1.165) is 37.3 Å². The van der Waals surface area contributed by atoms with E-state index in [1.165, 1.54) is 19.3 Å². The first kappa shape index (κ1) is 21.7. The smallest absolute Gasteiger partial charge is 0.240 e. The highest BCUT2D eigenvalue weighted by Crippen LogP contribution is 2.22. The van der Waals surface area contributed by atoms with Crippen LogP contribution < -0.4 is 15.4 Å². The second-order valence-electron chi connectivity index (χ2n) is 7.28. The third kappa shape index (κ3) is 7.89. The van der Waals surface area contributed by atoms with Gasteiger partial charge in [0, 0.05) is 18.6 Å². The standard InChI is InChI=1S/C20H34N4O2S/c1-4-6-7-8-16(3)23-20(21-5-2)22-15-17-9-13-19(14-10-17)27(25,26)24-18-11-12-18/h9-10,13-14,16,18,24H,4-8,11-12,15H2,1-3H3,(H2,21,22,23). The summed E-state index contributed by atoms with van der Waals surface area (Å²) < 4.78 is 27.1. The van der Waals surface area contributed by atoms with Crippen molar-refractivity contribution in [3.8, 4) is 0 Å². The average molecular weight is 395 g/mol. The summed E-state index contributed by atoms with van der Waals surface area (Å²) in [5.74, 6) is 0.800. The number of nitrogens with one attached hydrogen (secondary N) is 3. The summed E-state index contributed by atoms with van der Waals surface area (Å²) in [5, 5.41) is 6.72. The molecule has 1 unspecified atom stereocenters. The van der Waals surface area contributed by atoms with Crippen LogP contribution >= 0.6 is 0 Å². The summed E-state index contributed by atoms with van der Waals surface area (Å²) in [7, 11) is -3.39. The van der Waals surface area contributed by atoms with Gasteiger partial charge in [-0.2, -0.15) is 0 Å². The Morgan fingerprint density at radius 1 is 1.19 bits per heavy atom. The summed E-state index contributed by atoms with van der Waals surface area (Å²) in [6, 6.07) is 7.47. The zero-order valence-corrected chi connectivity index (χ0v) is 17.6. The molecule has 27 heavy (non-hydrogen) atoms. The minimum Gasteiger partial charge on any atom is -0.357 e. The molecule has 1 aliphatic rings. The van der Waals surface area contributed by atoms with Gasteiger partial charge >= 0.3 is 0 Å². The van der Waals surface area contributed by atoms with Crippen molar-refractivity contribution in [2.45, 2.75) is 82.8 Å². The van der Waals surface area contributed by atoms with Crippen LogP contribution in [-0.4, -0.2) is 33.0 Å². The first-order valence-corrected chi connectivity index (χ1v) is 11.6. The third-order valence-electron chi connectivity index (χ3n) is 4.52. The lowest BCUT2D eigenvalue weighted by Gasteiger charge is -2.17. The predicted molar refractivity (Wildman–Crippen MR) is 111 cm³/mol. The van der Waals surface area contributed by atoms with Gasteiger partial charge in [0.2, 0.25) is 10.0 Å². The third-order valence-corrected chi connectivity index (χ3v) is 6.06. The number of nitrogens with zero attached hydrogens (tertiary/aromatic N) is 1. The average Bonchev–Trinajstić information content (AvgIpc) is 3.44. The zero-order chi connectivity index (χ0) is 19.7. The Balaban J connectivity index is 1.92. The number of hydrogen-bond donors (Lipinski definition) is 3. The Labute approximate surface area is 164 Å². The molecule has 1 saturated carbocycles. The van der Waals surface area contributed by atoms with E-state index in [1.54, 1.807) is 12.1 Å². The van der Waals surface area contributed by atoms with Gasteiger partial charge in [0.05, 0.1) is 11.4 Å². The van der Waals surface area contributed by atoms with Crippen LogP contribution in [0.4, 0.5) is 0 Å². The van der Waals surface area contributed by atoms with Gasteiger partial charge in [-0.05, 0) is 50.8 Å². The van der Waals surface area contributed by atoms with Crippen LogP contribution in [0.5, 0.6) is 0 Å². The number of guanidine groups is 1. The van der Waals surface area contributed by atoms with E-state index < -0.39 is 10.0 Å². The molecule has 1 aromatic rings. The molecule has 6 nitrogen and oxygen atoms in total. The zero-order valence-electron chi connectivity index (χ0n) is 16.8. The van der Waals surface area contributed by atoms with Gasteiger partial charge in [-0.25, -0.2) is 18.1 Å². The van der Waals surface area contributed by atoms with Gasteiger partial charge in [0.1, 0.15) is 0 Å². The van der Waals surface area contributed by atoms with E-state index >= 15 is 0 Å². The molecule has 1 aliphatic carbocycles. The monoisotopic (exact) mass is 394 g/mol. The molecule has 0 radical (unpaired) electrons. The number of hydrogen-bond acceptors (Lipinski definition) is 3. The first-order chi connectivity index (χ1) is 12.9. The van der Waals surface area contributed by atoms with Crippen LogP contribution in [-0.2, 0) is 16.6 Å². The number of benzene rings is 1. The summed E-state index contributed by atoms with van der Waals surface area (Å²) in [6.45, 7) is 7.74. The fourth-order valence-electron chi connectivity index (χ4n) is 2.76. The van der Waals surface area contributed by atoms with Crippen molar-refractivity contribution in [2.24, 2.45) is 4.99 Å². The molecule has 0 saturated heterocycles. The van der Waals surface area contributed by atoms with E-state index in [9.17, 15) is 8.42 Å². The van der Waals surface area contributed by atoms with Gasteiger partial charge in [-0.15, -0.1) is 0 Å². The fourth-order valence-corrected chi connectivity index (χ4v) is 4.06. The van der Waals surface area contributed by atoms with Gasteiger partial charge in [-0.3, -0.25) is 0 Å². The maximum Gasteiger partial charge on any atom is 0.240 e. The molecule has 0 spiro atoms. The number of rotatable bonds is 11. The molecule has 0 bridgehead atoms. The predicted octanol–water partition coefficient (Wildman–Crippen LogP) is 3.15. The van der Waals surface area contributed by atoms with Crippen molar-refractivity contribution in [2.75, 3.05) is 6.54 Å². The quantitative estimate of drug-likeness (QED) is 0.306. The summed E-state index contributed by atoms with van der Waals surface area (Å²) in [4.78, 5) is 4.95. The Kier molecular flexibility index (Phi) is 8.57. The molecule has 0 aliphatic heterocycles. The molecule has 0 aromatic heterocycles. The summed E-state index contributed by atoms with van der Waals surface area (Å²) in [6.07, 6.45) is 6.69. The van der Waals surface area contributed by atoms with Crippen LogP contribution in [0.3, 0.4) is 0 Å². The molecule has 3 N–H and O–H groups in total. The largest absolute Gasteiger partial charge is 0.357 e. The molecule has 1 fully saturated rings. The van der Waals surface area contributed by atoms with E-state index in [-0.39, 0.29) is 6.04 Å². The molecule has 0 amide bonds. The highest BCUT2D eigenvalue weighted by molar-refractivity contribution is 7.89. The first-order valence-electron chi connectivity index (χ1n) is 10.1. The highest BCUT2D eigenvalue weighted by atomic mass is 32.2. The normalized spacial score (nSPS) is 16.2. The Hall–Kier alpha value is -1.60. The maximum absolute atomic E-state index is 12.2. The van der Waals surface area contributed by atoms with Crippen LogP contribution in [0, 0.1) is 0 Å². The fraction of sp³-hybridized carbons (Fsp3) is 0.650. The van der Waals surface area contributed by atoms with Crippen molar-refractivity contribution in [3.63, 3.8) is 0 Å². The molecule has 1 aromatic carbocycles.